The van der Waals surface area contributed by atoms with Gasteiger partial charge in [-0.1, -0.05) is 37.3 Å². The zero-order chi connectivity index (χ0) is 16.9. The Hall–Kier alpha value is -1.37. The van der Waals surface area contributed by atoms with E-state index in [1.54, 1.807) is 0 Å². The summed E-state index contributed by atoms with van der Waals surface area (Å²) in [6.07, 6.45) is 2.10. The number of halogens is 2. The third-order valence-electron chi connectivity index (χ3n) is 4.55. The minimum Gasteiger partial charge on any atom is -0.337 e. The van der Waals surface area contributed by atoms with Gasteiger partial charge in [-0.05, 0) is 47.8 Å². The third-order valence-corrected chi connectivity index (χ3v) is 5.32. The van der Waals surface area contributed by atoms with Crippen LogP contribution in [-0.2, 0) is 0 Å². The van der Waals surface area contributed by atoms with Crippen LogP contribution in [0.2, 0.25) is 0 Å². The molecule has 0 saturated carbocycles. The van der Waals surface area contributed by atoms with E-state index in [-0.39, 0.29) is 18.3 Å². The van der Waals surface area contributed by atoms with Crippen LogP contribution >= 0.6 is 28.3 Å². The van der Waals surface area contributed by atoms with E-state index in [1.165, 1.54) is 0 Å². The van der Waals surface area contributed by atoms with Crippen LogP contribution in [0, 0.1) is 5.92 Å². The molecule has 1 aliphatic rings. The summed E-state index contributed by atoms with van der Waals surface area (Å²) in [5.74, 6) is 0.692. The highest BCUT2D eigenvalue weighted by molar-refractivity contribution is 9.10. The normalized spacial score (nSPS) is 15.0. The van der Waals surface area contributed by atoms with E-state index < -0.39 is 0 Å². The zero-order valence-corrected chi connectivity index (χ0v) is 16.7. The fourth-order valence-electron chi connectivity index (χ4n) is 3.10. The number of rotatable bonds is 5. The highest BCUT2D eigenvalue weighted by atomic mass is 79.9. The number of likely N-dealkylation sites (tertiary alicyclic amines) is 1. The van der Waals surface area contributed by atoms with E-state index in [1.807, 2.05) is 35.2 Å². The number of piperidine rings is 1. The molecule has 2 heterocycles. The Bertz CT molecular complexity index is 684. The van der Waals surface area contributed by atoms with Crippen molar-refractivity contribution in [3.63, 3.8) is 0 Å². The van der Waals surface area contributed by atoms with Crippen LogP contribution in [0.4, 0.5) is 0 Å². The van der Waals surface area contributed by atoms with Crippen LogP contribution in [0.3, 0.4) is 0 Å². The maximum atomic E-state index is 12.8. The van der Waals surface area contributed by atoms with Crippen LogP contribution in [-0.4, -0.2) is 47.2 Å². The first-order chi connectivity index (χ1) is 11.7. The Labute approximate surface area is 163 Å². The Morgan fingerprint density at radius 2 is 2.00 bits per heavy atom. The monoisotopic (exact) mass is 426 g/mol. The number of hydrogen-bond acceptors (Lipinski definition) is 3. The van der Waals surface area contributed by atoms with Gasteiger partial charge < -0.3 is 10.2 Å². The second kappa shape index (κ2) is 9.36. The van der Waals surface area contributed by atoms with Crippen molar-refractivity contribution < 1.29 is 4.79 Å². The first kappa shape index (κ1) is 19.9. The summed E-state index contributed by atoms with van der Waals surface area (Å²) in [4.78, 5) is 14.7. The molecule has 0 radical (unpaired) electrons. The quantitative estimate of drug-likeness (QED) is 0.764. The molecule has 2 N–H and O–H groups in total. The standard InChI is InChI=1S/C18H23BrN4O.ClH/c1-2-20-12-13-8-10-23(11-9-13)18(24)17-15(19)16(21-22-17)14-6-4-3-5-7-14;/h3-7,13,20H,2,8-12H2,1H3,(H,21,22);1H. The van der Waals surface area contributed by atoms with E-state index in [4.69, 9.17) is 0 Å². The van der Waals surface area contributed by atoms with Gasteiger partial charge in [0.1, 0.15) is 11.4 Å². The molecule has 25 heavy (non-hydrogen) atoms. The van der Waals surface area contributed by atoms with E-state index in [0.717, 1.165) is 54.8 Å². The van der Waals surface area contributed by atoms with Crippen LogP contribution in [0.1, 0.15) is 30.3 Å². The molecule has 1 aliphatic heterocycles. The molecule has 1 fully saturated rings. The fourth-order valence-corrected chi connectivity index (χ4v) is 3.68. The third kappa shape index (κ3) is 4.63. The summed E-state index contributed by atoms with van der Waals surface area (Å²) in [7, 11) is 0. The molecule has 3 rings (SSSR count). The molecule has 1 saturated heterocycles. The molecule has 7 heteroatoms. The molecule has 1 aromatic heterocycles. The van der Waals surface area contributed by atoms with Gasteiger partial charge in [0.2, 0.25) is 0 Å². The largest absolute Gasteiger partial charge is 0.337 e. The summed E-state index contributed by atoms with van der Waals surface area (Å²) >= 11 is 3.55. The van der Waals surface area contributed by atoms with Crippen LogP contribution in [0.15, 0.2) is 34.8 Å². The predicted octanol–water partition coefficient (Wildman–Crippen LogP) is 3.72. The second-order valence-electron chi connectivity index (χ2n) is 6.17. The van der Waals surface area contributed by atoms with Gasteiger partial charge >= 0.3 is 0 Å². The van der Waals surface area contributed by atoms with Crippen molar-refractivity contribution in [1.29, 1.82) is 0 Å². The molecular weight excluding hydrogens is 404 g/mol. The van der Waals surface area contributed by atoms with Gasteiger partial charge in [-0.25, -0.2) is 0 Å². The summed E-state index contributed by atoms with van der Waals surface area (Å²) in [5.41, 5.74) is 2.31. The molecule has 136 valence electrons. The summed E-state index contributed by atoms with van der Waals surface area (Å²) in [6.45, 7) is 5.79. The molecule has 1 aromatic carbocycles. The number of benzene rings is 1. The molecule has 2 aromatic rings. The maximum absolute atomic E-state index is 12.8. The molecule has 0 unspecified atom stereocenters. The number of hydrogen-bond donors (Lipinski definition) is 2. The number of nitrogens with one attached hydrogen (secondary N) is 2. The number of carbonyl (C=O) groups excluding carboxylic acids is 1. The van der Waals surface area contributed by atoms with Crippen molar-refractivity contribution in [2.75, 3.05) is 26.2 Å². The van der Waals surface area contributed by atoms with E-state index in [0.29, 0.717) is 11.6 Å². The maximum Gasteiger partial charge on any atom is 0.273 e. The first-order valence-electron chi connectivity index (χ1n) is 8.50. The summed E-state index contributed by atoms with van der Waals surface area (Å²) in [6, 6.07) is 9.87. The predicted molar refractivity (Wildman–Crippen MR) is 106 cm³/mol. The zero-order valence-electron chi connectivity index (χ0n) is 14.3. The average molecular weight is 428 g/mol. The summed E-state index contributed by atoms with van der Waals surface area (Å²) < 4.78 is 0.744. The first-order valence-corrected chi connectivity index (χ1v) is 9.29. The van der Waals surface area contributed by atoms with Gasteiger partial charge in [0, 0.05) is 18.7 Å². The Morgan fingerprint density at radius 3 is 2.64 bits per heavy atom. The van der Waals surface area contributed by atoms with Gasteiger partial charge in [-0.2, -0.15) is 5.10 Å². The molecule has 0 atom stereocenters. The smallest absolute Gasteiger partial charge is 0.273 e. The topological polar surface area (TPSA) is 61.0 Å². The lowest BCUT2D eigenvalue weighted by atomic mass is 9.96. The molecule has 0 spiro atoms. The van der Waals surface area contributed by atoms with Crippen molar-refractivity contribution >= 4 is 34.2 Å². The Balaban J connectivity index is 0.00000225. The number of H-pyrrole nitrogens is 1. The van der Waals surface area contributed by atoms with Crippen molar-refractivity contribution in [2.45, 2.75) is 19.8 Å². The molecule has 5 nitrogen and oxygen atoms in total. The van der Waals surface area contributed by atoms with Crippen molar-refractivity contribution in [3.8, 4) is 11.3 Å². The number of aromatic nitrogens is 2. The van der Waals surface area contributed by atoms with Crippen molar-refractivity contribution in [1.82, 2.24) is 20.4 Å². The summed E-state index contributed by atoms with van der Waals surface area (Å²) in [5, 5.41) is 10.6. The second-order valence-corrected chi connectivity index (χ2v) is 6.96. The Kier molecular flexibility index (Phi) is 7.47. The van der Waals surface area contributed by atoms with Crippen molar-refractivity contribution in [3.05, 3.63) is 40.5 Å². The van der Waals surface area contributed by atoms with E-state index in [9.17, 15) is 4.79 Å². The number of aromatic amines is 1. The van der Waals surface area contributed by atoms with Crippen molar-refractivity contribution in [2.24, 2.45) is 5.92 Å². The number of carbonyl (C=O) groups is 1. The van der Waals surface area contributed by atoms with Gasteiger partial charge in [0.25, 0.3) is 5.91 Å². The van der Waals surface area contributed by atoms with Gasteiger partial charge in [0.05, 0.1) is 4.47 Å². The highest BCUT2D eigenvalue weighted by Gasteiger charge is 2.27. The number of nitrogens with zero attached hydrogens (tertiary/aromatic N) is 2. The molecule has 1 amide bonds. The minimum atomic E-state index is 0. The van der Waals surface area contributed by atoms with Gasteiger partial charge in [0.15, 0.2) is 0 Å². The highest BCUT2D eigenvalue weighted by Crippen LogP contribution is 2.30. The average Bonchev–Trinajstić information content (AvgIpc) is 3.02. The van der Waals surface area contributed by atoms with Crippen LogP contribution < -0.4 is 5.32 Å². The van der Waals surface area contributed by atoms with Gasteiger partial charge in [-0.3, -0.25) is 9.89 Å². The molecule has 0 bridgehead atoms. The Morgan fingerprint density at radius 1 is 1.32 bits per heavy atom. The molecule has 0 aliphatic carbocycles. The minimum absolute atomic E-state index is 0. The lowest BCUT2D eigenvalue weighted by Crippen LogP contribution is -2.41. The van der Waals surface area contributed by atoms with Crippen LogP contribution in [0.5, 0.6) is 0 Å². The lowest BCUT2D eigenvalue weighted by Gasteiger charge is -2.31. The lowest BCUT2D eigenvalue weighted by molar-refractivity contribution is 0.0683. The van der Waals surface area contributed by atoms with E-state index in [2.05, 4.69) is 38.4 Å². The van der Waals surface area contributed by atoms with Crippen LogP contribution in [0.25, 0.3) is 11.3 Å². The van der Waals surface area contributed by atoms with Gasteiger partial charge in [-0.15, -0.1) is 12.4 Å². The van der Waals surface area contributed by atoms with E-state index >= 15 is 0 Å². The molecular formula is C18H24BrClN4O. The SMILES string of the molecule is CCNCC1CCN(C(=O)c2[nH]nc(-c3ccccc3)c2Br)CC1.Cl. The number of amides is 1. The fraction of sp³-hybridized carbons (Fsp3) is 0.444.